The van der Waals surface area contributed by atoms with Crippen LogP contribution in [0.3, 0.4) is 0 Å². The van der Waals surface area contributed by atoms with Crippen LogP contribution in [0, 0.1) is 5.92 Å². The fourth-order valence-corrected chi connectivity index (χ4v) is 5.86. The van der Waals surface area contributed by atoms with E-state index in [0.717, 1.165) is 26.8 Å². The molecule has 51 heavy (non-hydrogen) atoms. The lowest BCUT2D eigenvalue weighted by atomic mass is 9.92. The number of imidazole rings is 1. The second kappa shape index (κ2) is 17.1. The molecule has 4 aromatic rings. The van der Waals surface area contributed by atoms with Gasteiger partial charge in [0.15, 0.2) is 0 Å². The highest BCUT2D eigenvalue weighted by molar-refractivity contribution is 5.94. The molecule has 0 aliphatic carbocycles. The van der Waals surface area contributed by atoms with Gasteiger partial charge in [0.05, 0.1) is 5.69 Å². The number of carbonyl (C=O) groups excluding carboxylic acids is 5. The molecule has 0 bridgehead atoms. The number of rotatable bonds is 13. The molecule has 2 heterocycles. The van der Waals surface area contributed by atoms with Gasteiger partial charge in [-0.25, -0.2) is 19.1 Å². The predicted octanol–water partition coefficient (Wildman–Crippen LogP) is 3.88. The minimum atomic E-state index is -1.26. The van der Waals surface area contributed by atoms with Gasteiger partial charge in [-0.1, -0.05) is 98.8 Å². The topological polar surface area (TPSA) is 175 Å². The molecule has 0 radical (unpaired) electrons. The lowest BCUT2D eigenvalue weighted by Crippen LogP contribution is -2.59. The van der Waals surface area contributed by atoms with Crippen LogP contribution < -0.4 is 16.4 Å². The third-order valence-corrected chi connectivity index (χ3v) is 8.47. The van der Waals surface area contributed by atoms with E-state index >= 15 is 0 Å². The molecule has 266 valence electrons. The molecule has 0 fully saturated rings. The van der Waals surface area contributed by atoms with E-state index in [2.05, 4.69) is 15.6 Å². The van der Waals surface area contributed by atoms with Gasteiger partial charge in [0, 0.05) is 25.6 Å². The largest absolute Gasteiger partial charge is 0.445 e. The second-order valence-electron chi connectivity index (χ2n) is 12.8. The maximum absolute atomic E-state index is 14.1. The van der Waals surface area contributed by atoms with E-state index in [1.165, 1.54) is 17.4 Å². The van der Waals surface area contributed by atoms with Crippen molar-refractivity contribution >= 4 is 29.9 Å². The fourth-order valence-electron chi connectivity index (χ4n) is 5.86. The monoisotopic (exact) mass is 694 g/mol. The number of ether oxygens (including phenoxy) is 2. The molecule has 0 saturated heterocycles. The number of nitrogens with two attached hydrogens (primary N) is 1. The van der Waals surface area contributed by atoms with Gasteiger partial charge in [-0.05, 0) is 34.6 Å². The normalized spacial score (nSPS) is 14.9. The first-order valence-corrected chi connectivity index (χ1v) is 16.8. The van der Waals surface area contributed by atoms with Crippen molar-refractivity contribution in [2.75, 3.05) is 0 Å². The molecule has 13 heteroatoms. The Morgan fingerprint density at radius 3 is 2.06 bits per heavy atom. The molecular weight excluding hydrogens is 652 g/mol. The standard InChI is InChI=1S/C38H42N6O7/c1-25(2)17-32(36(47)44-20-29-16-10-9-15-28(29)18-33(44)34(39)45)41-35(46)31(42-37(48)50-22-26-11-5-3-6-12-26)19-30-21-43(24-40-30)38(49)51-23-27-13-7-4-8-14-27/h3-16,21,24-25,31-33H,17-20,22-23H2,1-2H3,(H2,39,45)(H,41,46)(H,42,48)/t31-,32-,33-/m0/s1. The maximum Gasteiger partial charge on any atom is 0.419 e. The Hall–Kier alpha value is -5.98. The highest BCUT2D eigenvalue weighted by Gasteiger charge is 2.38. The first kappa shape index (κ1) is 36.3. The van der Waals surface area contributed by atoms with Gasteiger partial charge < -0.3 is 30.7 Å². The van der Waals surface area contributed by atoms with Crippen molar-refractivity contribution < 1.29 is 33.4 Å². The number of aromatic nitrogens is 2. The SMILES string of the molecule is CC(C)C[C@H](NC(=O)[C@H](Cc1cn(C(=O)OCc2ccccc2)cn1)NC(=O)OCc1ccccc1)C(=O)N1Cc2ccccc2C[C@H]1C(N)=O. The summed E-state index contributed by atoms with van der Waals surface area (Å²) < 4.78 is 11.9. The first-order valence-electron chi connectivity index (χ1n) is 16.8. The van der Waals surface area contributed by atoms with Crippen LogP contribution in [0.1, 0.15) is 48.2 Å². The third kappa shape index (κ3) is 10.0. The summed E-state index contributed by atoms with van der Waals surface area (Å²) >= 11 is 0. The molecule has 4 amide bonds. The van der Waals surface area contributed by atoms with Crippen molar-refractivity contribution in [2.45, 2.75) is 71.0 Å². The summed E-state index contributed by atoms with van der Waals surface area (Å²) in [6, 6.07) is 22.5. The Morgan fingerprint density at radius 1 is 0.824 bits per heavy atom. The summed E-state index contributed by atoms with van der Waals surface area (Å²) in [5.41, 5.74) is 9.43. The van der Waals surface area contributed by atoms with Crippen LogP contribution in [0.5, 0.6) is 0 Å². The van der Waals surface area contributed by atoms with Crippen molar-refractivity contribution in [3.63, 3.8) is 0 Å². The van der Waals surface area contributed by atoms with E-state index in [1.54, 1.807) is 12.1 Å². The van der Waals surface area contributed by atoms with Crippen LogP contribution in [-0.4, -0.2) is 62.5 Å². The summed E-state index contributed by atoms with van der Waals surface area (Å²) in [5.74, 6) is -1.82. The van der Waals surface area contributed by atoms with Crippen molar-refractivity contribution in [2.24, 2.45) is 11.7 Å². The summed E-state index contributed by atoms with van der Waals surface area (Å²) in [6.07, 6.45) is 1.49. The van der Waals surface area contributed by atoms with E-state index in [1.807, 2.05) is 86.6 Å². The molecule has 1 aliphatic heterocycles. The minimum absolute atomic E-state index is 0.0248. The molecule has 5 rings (SSSR count). The Labute approximate surface area is 296 Å². The number of amides is 4. The molecule has 1 aromatic heterocycles. The molecule has 13 nitrogen and oxygen atoms in total. The predicted molar refractivity (Wildman–Crippen MR) is 187 cm³/mol. The summed E-state index contributed by atoms with van der Waals surface area (Å²) in [5, 5.41) is 5.42. The fraction of sp³-hybridized carbons (Fsp3) is 0.316. The minimum Gasteiger partial charge on any atom is -0.445 e. The van der Waals surface area contributed by atoms with E-state index in [0.29, 0.717) is 5.69 Å². The van der Waals surface area contributed by atoms with E-state index in [-0.39, 0.29) is 44.9 Å². The second-order valence-corrected chi connectivity index (χ2v) is 12.8. The van der Waals surface area contributed by atoms with Gasteiger partial charge in [-0.2, -0.15) is 0 Å². The zero-order valence-corrected chi connectivity index (χ0v) is 28.6. The van der Waals surface area contributed by atoms with E-state index in [9.17, 15) is 24.0 Å². The summed E-state index contributed by atoms with van der Waals surface area (Å²) in [6.45, 7) is 3.98. The van der Waals surface area contributed by atoms with Crippen LogP contribution in [0.15, 0.2) is 97.5 Å². The first-order chi connectivity index (χ1) is 24.6. The van der Waals surface area contributed by atoms with Gasteiger partial charge in [-0.3, -0.25) is 14.4 Å². The lowest BCUT2D eigenvalue weighted by Gasteiger charge is -2.37. The summed E-state index contributed by atoms with van der Waals surface area (Å²) in [7, 11) is 0. The zero-order valence-electron chi connectivity index (χ0n) is 28.6. The number of hydrogen-bond acceptors (Lipinski definition) is 8. The van der Waals surface area contributed by atoms with Crippen LogP contribution in [-0.2, 0) is 56.5 Å². The maximum atomic E-state index is 14.1. The molecule has 3 atom stereocenters. The number of fused-ring (bicyclic) bond motifs is 1. The smallest absolute Gasteiger partial charge is 0.419 e. The Bertz CT molecular complexity index is 1830. The van der Waals surface area contributed by atoms with Crippen molar-refractivity contribution in [3.05, 3.63) is 125 Å². The molecule has 0 saturated carbocycles. The third-order valence-electron chi connectivity index (χ3n) is 8.47. The van der Waals surface area contributed by atoms with Crippen molar-refractivity contribution in [3.8, 4) is 0 Å². The van der Waals surface area contributed by atoms with Crippen molar-refractivity contribution in [1.82, 2.24) is 25.1 Å². The molecule has 4 N–H and O–H groups in total. The lowest BCUT2D eigenvalue weighted by molar-refractivity contribution is -0.144. The molecular formula is C38H42N6O7. The Kier molecular flexibility index (Phi) is 12.2. The van der Waals surface area contributed by atoms with Crippen LogP contribution >= 0.6 is 0 Å². The van der Waals surface area contributed by atoms with Gasteiger partial charge in [-0.15, -0.1) is 0 Å². The quantitative estimate of drug-likeness (QED) is 0.189. The zero-order chi connectivity index (χ0) is 36.3. The van der Waals surface area contributed by atoms with Crippen LogP contribution in [0.2, 0.25) is 0 Å². The average molecular weight is 695 g/mol. The Morgan fingerprint density at radius 2 is 1.43 bits per heavy atom. The van der Waals surface area contributed by atoms with Gasteiger partial charge >= 0.3 is 12.2 Å². The number of hydrogen-bond donors (Lipinski definition) is 3. The molecule has 0 spiro atoms. The molecule has 1 aliphatic rings. The number of carbonyl (C=O) groups is 5. The number of nitrogens with one attached hydrogen (secondary N) is 2. The van der Waals surface area contributed by atoms with Gasteiger partial charge in [0.2, 0.25) is 17.7 Å². The average Bonchev–Trinajstić information content (AvgIpc) is 3.61. The van der Waals surface area contributed by atoms with Crippen molar-refractivity contribution in [1.29, 1.82) is 0 Å². The summed E-state index contributed by atoms with van der Waals surface area (Å²) in [4.78, 5) is 72.1. The highest BCUT2D eigenvalue weighted by atomic mass is 16.6. The highest BCUT2D eigenvalue weighted by Crippen LogP contribution is 2.25. The number of primary amides is 1. The number of benzene rings is 3. The van der Waals surface area contributed by atoms with Crippen LogP contribution in [0.25, 0.3) is 0 Å². The van der Waals surface area contributed by atoms with Gasteiger partial charge in [0.1, 0.15) is 37.7 Å². The molecule has 3 aromatic carbocycles. The van der Waals surface area contributed by atoms with E-state index < -0.39 is 48.0 Å². The Balaban J connectivity index is 1.33. The van der Waals surface area contributed by atoms with Crippen LogP contribution in [0.4, 0.5) is 9.59 Å². The van der Waals surface area contributed by atoms with E-state index in [4.69, 9.17) is 15.2 Å². The molecule has 0 unspecified atom stereocenters. The number of nitrogens with zero attached hydrogens (tertiary/aromatic N) is 3. The number of alkyl carbamates (subject to hydrolysis) is 1. The van der Waals surface area contributed by atoms with Gasteiger partial charge in [0.25, 0.3) is 0 Å².